The number of carbonyl (C=O) groups is 1. The zero-order valence-electron chi connectivity index (χ0n) is 8.70. The lowest BCUT2D eigenvalue weighted by atomic mass is 9.97. The maximum atomic E-state index is 10.9. The molecule has 1 rings (SSSR count). The van der Waals surface area contributed by atoms with Gasteiger partial charge in [0, 0.05) is 0 Å². The van der Waals surface area contributed by atoms with E-state index in [2.05, 4.69) is 4.74 Å². The quantitative estimate of drug-likeness (QED) is 0.701. The maximum absolute atomic E-state index is 10.9. The first-order chi connectivity index (χ1) is 6.77. The highest BCUT2D eigenvalue weighted by Gasteiger charge is 2.27. The van der Waals surface area contributed by atoms with Crippen LogP contribution in [0.2, 0.25) is 0 Å². The Morgan fingerprint density at radius 1 is 1.36 bits per heavy atom. The zero-order valence-corrected chi connectivity index (χ0v) is 8.70. The number of rotatable bonds is 4. The van der Waals surface area contributed by atoms with Crippen molar-refractivity contribution in [2.75, 3.05) is 19.8 Å². The summed E-state index contributed by atoms with van der Waals surface area (Å²) in [4.78, 5) is 10.9. The lowest BCUT2D eigenvalue weighted by Gasteiger charge is -2.16. The molecule has 1 saturated carbocycles. The Kier molecular flexibility index (Phi) is 4.73. The van der Waals surface area contributed by atoms with Gasteiger partial charge in [-0.2, -0.15) is 0 Å². The number of nitrogens with two attached hydrogens (primary N) is 1. The number of hydrogen-bond donors (Lipinski definition) is 1. The SMILES string of the molecule is CCOC(=O)OCC1CCCC1CN. The van der Waals surface area contributed by atoms with Crippen LogP contribution in [0.3, 0.4) is 0 Å². The molecular weight excluding hydrogens is 182 g/mol. The summed E-state index contributed by atoms with van der Waals surface area (Å²) in [7, 11) is 0. The molecule has 0 aromatic heterocycles. The van der Waals surface area contributed by atoms with Gasteiger partial charge in [-0.1, -0.05) is 6.42 Å². The fourth-order valence-corrected chi connectivity index (χ4v) is 1.98. The third-order valence-corrected chi connectivity index (χ3v) is 2.80. The highest BCUT2D eigenvalue weighted by Crippen LogP contribution is 2.30. The van der Waals surface area contributed by atoms with Crippen LogP contribution in [0.25, 0.3) is 0 Å². The van der Waals surface area contributed by atoms with Gasteiger partial charge in [0.15, 0.2) is 0 Å². The predicted octanol–water partition coefficient (Wildman–Crippen LogP) is 1.53. The third kappa shape index (κ3) is 3.18. The molecule has 0 radical (unpaired) electrons. The van der Waals surface area contributed by atoms with Gasteiger partial charge in [-0.15, -0.1) is 0 Å². The summed E-state index contributed by atoms with van der Waals surface area (Å²) < 4.78 is 9.66. The van der Waals surface area contributed by atoms with Gasteiger partial charge in [0.1, 0.15) is 0 Å². The van der Waals surface area contributed by atoms with Crippen molar-refractivity contribution in [3.8, 4) is 0 Å². The van der Waals surface area contributed by atoms with E-state index >= 15 is 0 Å². The van der Waals surface area contributed by atoms with Crippen molar-refractivity contribution in [2.24, 2.45) is 17.6 Å². The molecule has 1 aliphatic carbocycles. The second-order valence-electron chi connectivity index (χ2n) is 3.68. The van der Waals surface area contributed by atoms with Gasteiger partial charge in [-0.3, -0.25) is 0 Å². The Bertz CT molecular complexity index is 184. The molecule has 0 amide bonds. The lowest BCUT2D eigenvalue weighted by Crippen LogP contribution is -2.23. The van der Waals surface area contributed by atoms with Crippen molar-refractivity contribution < 1.29 is 14.3 Å². The van der Waals surface area contributed by atoms with E-state index in [0.29, 0.717) is 31.6 Å². The van der Waals surface area contributed by atoms with Crippen molar-refractivity contribution in [2.45, 2.75) is 26.2 Å². The van der Waals surface area contributed by atoms with Crippen LogP contribution < -0.4 is 5.73 Å². The van der Waals surface area contributed by atoms with Crippen molar-refractivity contribution in [1.29, 1.82) is 0 Å². The first kappa shape index (κ1) is 11.3. The summed E-state index contributed by atoms with van der Waals surface area (Å²) in [5, 5.41) is 0. The predicted molar refractivity (Wildman–Crippen MR) is 52.9 cm³/mol. The monoisotopic (exact) mass is 201 g/mol. The molecule has 0 aromatic carbocycles. The summed E-state index contributed by atoms with van der Waals surface area (Å²) in [5.74, 6) is 0.953. The van der Waals surface area contributed by atoms with E-state index < -0.39 is 6.16 Å². The van der Waals surface area contributed by atoms with Gasteiger partial charge in [-0.05, 0) is 38.1 Å². The molecule has 4 nitrogen and oxygen atoms in total. The van der Waals surface area contributed by atoms with Crippen LogP contribution in [0.15, 0.2) is 0 Å². The van der Waals surface area contributed by atoms with Crippen molar-refractivity contribution in [3.63, 3.8) is 0 Å². The summed E-state index contributed by atoms with van der Waals surface area (Å²) in [5.41, 5.74) is 5.62. The van der Waals surface area contributed by atoms with Gasteiger partial charge < -0.3 is 15.2 Å². The van der Waals surface area contributed by atoms with Crippen molar-refractivity contribution in [3.05, 3.63) is 0 Å². The number of ether oxygens (including phenoxy) is 2. The Morgan fingerprint density at radius 2 is 2.07 bits per heavy atom. The maximum Gasteiger partial charge on any atom is 0.508 e. The molecule has 2 atom stereocenters. The fourth-order valence-electron chi connectivity index (χ4n) is 1.98. The van der Waals surface area contributed by atoms with Crippen LogP contribution in [0.4, 0.5) is 4.79 Å². The number of hydrogen-bond acceptors (Lipinski definition) is 4. The van der Waals surface area contributed by atoms with Gasteiger partial charge >= 0.3 is 6.16 Å². The summed E-state index contributed by atoms with van der Waals surface area (Å²) >= 11 is 0. The lowest BCUT2D eigenvalue weighted by molar-refractivity contribution is 0.0434. The molecule has 14 heavy (non-hydrogen) atoms. The summed E-state index contributed by atoms with van der Waals surface area (Å²) in [6.45, 7) is 3.28. The Balaban J connectivity index is 2.20. The molecule has 1 aliphatic rings. The molecule has 2 N–H and O–H groups in total. The van der Waals surface area contributed by atoms with E-state index in [9.17, 15) is 4.79 Å². The Hall–Kier alpha value is -0.770. The molecule has 2 unspecified atom stereocenters. The smallest absolute Gasteiger partial charge is 0.435 e. The van der Waals surface area contributed by atoms with E-state index in [0.717, 1.165) is 12.8 Å². The highest BCUT2D eigenvalue weighted by atomic mass is 16.7. The Morgan fingerprint density at radius 3 is 2.71 bits per heavy atom. The average molecular weight is 201 g/mol. The first-order valence-corrected chi connectivity index (χ1v) is 5.27. The summed E-state index contributed by atoms with van der Waals surface area (Å²) in [6, 6.07) is 0. The fraction of sp³-hybridized carbons (Fsp3) is 0.900. The average Bonchev–Trinajstić information content (AvgIpc) is 2.62. The topological polar surface area (TPSA) is 61.5 Å². The minimum absolute atomic E-state index is 0.365. The minimum atomic E-state index is -0.560. The third-order valence-electron chi connectivity index (χ3n) is 2.80. The first-order valence-electron chi connectivity index (χ1n) is 5.27. The Labute approximate surface area is 84.7 Å². The van der Waals surface area contributed by atoms with Gasteiger partial charge in [0.2, 0.25) is 0 Å². The standard InChI is InChI=1S/C10H19NO3/c1-2-13-10(12)14-7-9-5-3-4-8(9)6-11/h8-9H,2-7,11H2,1H3. The van der Waals surface area contributed by atoms with Crippen molar-refractivity contribution >= 4 is 6.16 Å². The van der Waals surface area contributed by atoms with Crippen LogP contribution in [-0.4, -0.2) is 25.9 Å². The van der Waals surface area contributed by atoms with Gasteiger partial charge in [0.25, 0.3) is 0 Å². The van der Waals surface area contributed by atoms with Crippen LogP contribution in [0, 0.1) is 11.8 Å². The van der Waals surface area contributed by atoms with E-state index in [4.69, 9.17) is 10.5 Å². The van der Waals surface area contributed by atoms with E-state index in [1.807, 2.05) is 0 Å². The molecule has 0 spiro atoms. The molecule has 0 aliphatic heterocycles. The largest absolute Gasteiger partial charge is 0.508 e. The second kappa shape index (κ2) is 5.86. The molecular formula is C10H19NO3. The van der Waals surface area contributed by atoms with Gasteiger partial charge in [0.05, 0.1) is 13.2 Å². The molecule has 0 saturated heterocycles. The molecule has 82 valence electrons. The van der Waals surface area contributed by atoms with E-state index in [1.54, 1.807) is 6.92 Å². The van der Waals surface area contributed by atoms with Crippen LogP contribution in [0.5, 0.6) is 0 Å². The van der Waals surface area contributed by atoms with Crippen molar-refractivity contribution in [1.82, 2.24) is 0 Å². The normalized spacial score (nSPS) is 26.1. The summed E-state index contributed by atoms with van der Waals surface area (Å²) in [6.07, 6.45) is 2.91. The number of carbonyl (C=O) groups excluding carboxylic acids is 1. The molecule has 0 bridgehead atoms. The highest BCUT2D eigenvalue weighted by molar-refractivity contribution is 5.59. The van der Waals surface area contributed by atoms with Crippen LogP contribution >= 0.6 is 0 Å². The van der Waals surface area contributed by atoms with E-state index in [1.165, 1.54) is 6.42 Å². The van der Waals surface area contributed by atoms with Crippen LogP contribution in [-0.2, 0) is 9.47 Å². The van der Waals surface area contributed by atoms with Gasteiger partial charge in [-0.25, -0.2) is 4.79 Å². The second-order valence-corrected chi connectivity index (χ2v) is 3.68. The van der Waals surface area contributed by atoms with Crippen LogP contribution in [0.1, 0.15) is 26.2 Å². The molecule has 0 heterocycles. The molecule has 4 heteroatoms. The molecule has 1 fully saturated rings. The zero-order chi connectivity index (χ0) is 10.4. The minimum Gasteiger partial charge on any atom is -0.435 e. The van der Waals surface area contributed by atoms with E-state index in [-0.39, 0.29) is 0 Å². The molecule has 0 aromatic rings.